The van der Waals surface area contributed by atoms with Crippen LogP contribution in [0.15, 0.2) is 53.7 Å². The molecule has 0 aliphatic rings. The van der Waals surface area contributed by atoms with Crippen LogP contribution >= 0.6 is 0 Å². The number of sulfonamides is 1. The van der Waals surface area contributed by atoms with E-state index < -0.39 is 10.0 Å². The number of hydrogen-bond donors (Lipinski definition) is 1. The van der Waals surface area contributed by atoms with Crippen LogP contribution in [0.4, 0.5) is 0 Å². The number of aromatic nitrogens is 1. The van der Waals surface area contributed by atoms with Gasteiger partial charge in [-0.15, -0.1) is 0 Å². The van der Waals surface area contributed by atoms with Crippen molar-refractivity contribution in [1.29, 1.82) is 0 Å². The number of nitrogens with zero attached hydrogens (tertiary/aromatic N) is 1. The average Bonchev–Trinajstić information content (AvgIpc) is 2.48. The maximum atomic E-state index is 12.0. The largest absolute Gasteiger partial charge is 0.496 e. The van der Waals surface area contributed by atoms with Crippen molar-refractivity contribution in [2.24, 2.45) is 0 Å². The van der Waals surface area contributed by atoms with Crippen molar-refractivity contribution >= 4 is 10.0 Å². The van der Waals surface area contributed by atoms with Crippen LogP contribution in [0.5, 0.6) is 5.75 Å². The minimum atomic E-state index is -3.55. The van der Waals surface area contributed by atoms with E-state index in [4.69, 9.17) is 4.74 Å². The first kappa shape index (κ1) is 14.5. The zero-order valence-corrected chi connectivity index (χ0v) is 11.9. The second kappa shape index (κ2) is 6.49. The van der Waals surface area contributed by atoms with Crippen LogP contribution in [0.25, 0.3) is 0 Å². The molecule has 0 saturated carbocycles. The summed E-state index contributed by atoms with van der Waals surface area (Å²) in [7, 11) is -1.96. The summed E-state index contributed by atoms with van der Waals surface area (Å²) in [6.45, 7) is 0.291. The van der Waals surface area contributed by atoms with Gasteiger partial charge in [-0.3, -0.25) is 0 Å². The lowest BCUT2D eigenvalue weighted by molar-refractivity contribution is 0.409. The molecule has 0 aliphatic carbocycles. The first-order valence-electron chi connectivity index (χ1n) is 6.16. The Labute approximate surface area is 118 Å². The minimum Gasteiger partial charge on any atom is -0.496 e. The van der Waals surface area contributed by atoms with Crippen LogP contribution in [-0.4, -0.2) is 27.1 Å². The number of para-hydroxylation sites is 1. The van der Waals surface area contributed by atoms with E-state index in [-0.39, 0.29) is 5.03 Å². The van der Waals surface area contributed by atoms with Gasteiger partial charge < -0.3 is 4.74 Å². The molecule has 1 N–H and O–H groups in total. The third-order valence-corrected chi connectivity index (χ3v) is 4.17. The molecule has 2 rings (SSSR count). The number of ether oxygens (including phenoxy) is 1. The highest BCUT2D eigenvalue weighted by molar-refractivity contribution is 7.89. The fourth-order valence-electron chi connectivity index (χ4n) is 1.81. The Morgan fingerprint density at radius 2 is 1.90 bits per heavy atom. The van der Waals surface area contributed by atoms with Crippen LogP contribution in [0.3, 0.4) is 0 Å². The van der Waals surface area contributed by atoms with Crippen LogP contribution in [0, 0.1) is 0 Å². The average molecular weight is 292 g/mol. The van der Waals surface area contributed by atoms with E-state index >= 15 is 0 Å². The molecule has 0 bridgehead atoms. The normalized spacial score (nSPS) is 11.2. The number of hydrogen-bond acceptors (Lipinski definition) is 4. The van der Waals surface area contributed by atoms with Crippen molar-refractivity contribution in [3.8, 4) is 5.75 Å². The van der Waals surface area contributed by atoms with Crippen LogP contribution < -0.4 is 9.46 Å². The predicted molar refractivity (Wildman–Crippen MR) is 76.1 cm³/mol. The van der Waals surface area contributed by atoms with Gasteiger partial charge in [0.05, 0.1) is 7.11 Å². The third kappa shape index (κ3) is 3.55. The molecule has 1 heterocycles. The van der Waals surface area contributed by atoms with Gasteiger partial charge in [0.25, 0.3) is 10.0 Å². The predicted octanol–water partition coefficient (Wildman–Crippen LogP) is 1.61. The van der Waals surface area contributed by atoms with Crippen molar-refractivity contribution in [3.63, 3.8) is 0 Å². The Morgan fingerprint density at radius 3 is 2.60 bits per heavy atom. The fourth-order valence-corrected chi connectivity index (χ4v) is 2.79. The summed E-state index contributed by atoms with van der Waals surface area (Å²) in [6, 6.07) is 12.3. The first-order chi connectivity index (χ1) is 9.63. The molecule has 0 aliphatic heterocycles. The van der Waals surface area contributed by atoms with Crippen molar-refractivity contribution in [2.45, 2.75) is 11.4 Å². The highest BCUT2D eigenvalue weighted by Crippen LogP contribution is 2.17. The van der Waals surface area contributed by atoms with E-state index in [9.17, 15) is 8.42 Å². The number of benzene rings is 1. The molecular weight excluding hydrogens is 276 g/mol. The molecule has 1 aromatic carbocycles. The molecule has 106 valence electrons. The molecular formula is C14H16N2O3S. The topological polar surface area (TPSA) is 68.3 Å². The number of pyridine rings is 1. The van der Waals surface area contributed by atoms with Gasteiger partial charge in [-0.05, 0) is 30.2 Å². The van der Waals surface area contributed by atoms with Gasteiger partial charge in [-0.1, -0.05) is 24.3 Å². The molecule has 5 nitrogen and oxygen atoms in total. The minimum absolute atomic E-state index is 0.0278. The van der Waals surface area contributed by atoms with Crippen molar-refractivity contribution in [1.82, 2.24) is 9.71 Å². The lowest BCUT2D eigenvalue weighted by Gasteiger charge is -2.09. The monoisotopic (exact) mass is 292 g/mol. The number of nitrogens with one attached hydrogen (secondary N) is 1. The van der Waals surface area contributed by atoms with Gasteiger partial charge in [-0.25, -0.2) is 18.1 Å². The first-order valence-corrected chi connectivity index (χ1v) is 7.64. The van der Waals surface area contributed by atoms with E-state index in [2.05, 4.69) is 9.71 Å². The summed E-state index contributed by atoms with van der Waals surface area (Å²) in [6.07, 6.45) is 2.00. The number of rotatable bonds is 6. The zero-order valence-electron chi connectivity index (χ0n) is 11.1. The molecule has 0 spiro atoms. The molecule has 0 saturated heterocycles. The van der Waals surface area contributed by atoms with Crippen LogP contribution in [0.1, 0.15) is 5.56 Å². The smallest absolute Gasteiger partial charge is 0.258 e. The summed E-state index contributed by atoms with van der Waals surface area (Å²) in [5.74, 6) is 0.754. The Hall–Kier alpha value is -1.92. The van der Waals surface area contributed by atoms with Crippen molar-refractivity contribution < 1.29 is 13.2 Å². The Bertz CT molecular complexity index is 657. The zero-order chi connectivity index (χ0) is 14.4. The fraction of sp³-hybridized carbons (Fsp3) is 0.214. The van der Waals surface area contributed by atoms with E-state index in [0.717, 1.165) is 11.3 Å². The molecule has 0 radical (unpaired) electrons. The Kier molecular flexibility index (Phi) is 4.70. The summed E-state index contributed by atoms with van der Waals surface area (Å²) < 4.78 is 31.7. The quantitative estimate of drug-likeness (QED) is 0.878. The summed E-state index contributed by atoms with van der Waals surface area (Å²) in [5, 5.41) is 0.0278. The molecule has 2 aromatic rings. The Balaban J connectivity index is 1.99. The lowest BCUT2D eigenvalue weighted by Crippen LogP contribution is -2.26. The van der Waals surface area contributed by atoms with Gasteiger partial charge >= 0.3 is 0 Å². The van der Waals surface area contributed by atoms with Gasteiger partial charge in [0, 0.05) is 12.7 Å². The second-order valence-electron chi connectivity index (χ2n) is 4.13. The van der Waals surface area contributed by atoms with E-state index in [1.165, 1.54) is 12.3 Å². The summed E-state index contributed by atoms with van der Waals surface area (Å²) >= 11 is 0. The Morgan fingerprint density at radius 1 is 1.15 bits per heavy atom. The maximum absolute atomic E-state index is 12.0. The molecule has 0 fully saturated rings. The van der Waals surface area contributed by atoms with Crippen LogP contribution in [-0.2, 0) is 16.4 Å². The van der Waals surface area contributed by atoms with Gasteiger partial charge in [0.2, 0.25) is 0 Å². The van der Waals surface area contributed by atoms with Crippen molar-refractivity contribution in [2.75, 3.05) is 13.7 Å². The summed E-state index contributed by atoms with van der Waals surface area (Å²) in [5.41, 5.74) is 0.957. The van der Waals surface area contributed by atoms with Gasteiger partial charge in [-0.2, -0.15) is 0 Å². The van der Waals surface area contributed by atoms with E-state index in [0.29, 0.717) is 13.0 Å². The molecule has 1 aromatic heterocycles. The van der Waals surface area contributed by atoms with E-state index in [1.807, 2.05) is 24.3 Å². The summed E-state index contributed by atoms with van der Waals surface area (Å²) in [4.78, 5) is 3.83. The standard InChI is InChI=1S/C14H16N2O3S/c1-19-13-7-3-2-6-12(13)9-11-16-20(17,18)14-8-4-5-10-15-14/h2-8,10,16H,9,11H2,1H3. The van der Waals surface area contributed by atoms with E-state index in [1.54, 1.807) is 19.2 Å². The highest BCUT2D eigenvalue weighted by atomic mass is 32.2. The SMILES string of the molecule is COc1ccccc1CCNS(=O)(=O)c1ccccn1. The maximum Gasteiger partial charge on any atom is 0.258 e. The van der Waals surface area contributed by atoms with Crippen LogP contribution in [0.2, 0.25) is 0 Å². The highest BCUT2D eigenvalue weighted by Gasteiger charge is 2.14. The molecule has 20 heavy (non-hydrogen) atoms. The molecule has 0 atom stereocenters. The lowest BCUT2D eigenvalue weighted by atomic mass is 10.1. The van der Waals surface area contributed by atoms with Gasteiger partial charge in [0.15, 0.2) is 5.03 Å². The second-order valence-corrected chi connectivity index (χ2v) is 5.84. The number of methoxy groups -OCH3 is 1. The van der Waals surface area contributed by atoms with Gasteiger partial charge in [0.1, 0.15) is 5.75 Å². The molecule has 0 unspecified atom stereocenters. The third-order valence-electron chi connectivity index (χ3n) is 2.79. The van der Waals surface area contributed by atoms with Crippen molar-refractivity contribution in [3.05, 3.63) is 54.2 Å². The molecule has 0 amide bonds. The molecule has 6 heteroatoms.